The van der Waals surface area contributed by atoms with Crippen LogP contribution in [0, 0.1) is 0 Å². The van der Waals surface area contributed by atoms with Gasteiger partial charge in [0.05, 0.1) is 5.71 Å². The van der Waals surface area contributed by atoms with E-state index in [1.54, 1.807) is 11.9 Å². The summed E-state index contributed by atoms with van der Waals surface area (Å²) in [5, 5.41) is 12.8. The summed E-state index contributed by atoms with van der Waals surface area (Å²) in [5.41, 5.74) is 3.33. The summed E-state index contributed by atoms with van der Waals surface area (Å²) in [6.45, 7) is 6.78. The minimum absolute atomic E-state index is 0.00526. The highest BCUT2D eigenvalue weighted by Crippen LogP contribution is 2.21. The largest absolute Gasteiger partial charge is 0.411 e. The van der Waals surface area contributed by atoms with Crippen molar-refractivity contribution in [1.29, 1.82) is 0 Å². The van der Waals surface area contributed by atoms with Crippen molar-refractivity contribution in [3.8, 4) is 0 Å². The summed E-state index contributed by atoms with van der Waals surface area (Å²) in [6, 6.07) is 12.5. The Kier molecular flexibility index (Phi) is 6.38. The zero-order valence-electron chi connectivity index (χ0n) is 17.7. The fourth-order valence-corrected chi connectivity index (χ4v) is 4.41. The number of para-hydroxylation sites is 1. The average molecular weight is 410 g/mol. The van der Waals surface area contributed by atoms with Crippen LogP contribution in [-0.2, 0) is 6.54 Å². The Labute approximate surface area is 178 Å². The van der Waals surface area contributed by atoms with Crippen LogP contribution in [-0.4, -0.2) is 77.5 Å². The minimum atomic E-state index is 0.00526. The Hall–Kier alpha value is -2.80. The molecule has 1 N–H and O–H groups in total. The van der Waals surface area contributed by atoms with E-state index >= 15 is 0 Å². The lowest BCUT2D eigenvalue weighted by atomic mass is 10.1. The summed E-state index contributed by atoms with van der Waals surface area (Å²) < 4.78 is 2.03. The van der Waals surface area contributed by atoms with Gasteiger partial charge in [-0.1, -0.05) is 23.4 Å². The fraction of sp³-hybridized carbons (Fsp3) is 0.478. The van der Waals surface area contributed by atoms with Gasteiger partial charge in [-0.15, -0.1) is 0 Å². The molecule has 0 bridgehead atoms. The summed E-state index contributed by atoms with van der Waals surface area (Å²) in [4.78, 5) is 19.5. The number of aromatic nitrogens is 1. The molecule has 1 aromatic carbocycles. The van der Waals surface area contributed by atoms with Gasteiger partial charge < -0.3 is 19.6 Å². The molecule has 1 aromatic heterocycles. The van der Waals surface area contributed by atoms with Crippen LogP contribution in [0.15, 0.2) is 47.8 Å². The fourth-order valence-electron chi connectivity index (χ4n) is 4.41. The number of anilines is 1. The lowest BCUT2D eigenvalue weighted by Gasteiger charge is -2.36. The third kappa shape index (κ3) is 4.36. The maximum atomic E-state index is 12.8. The first-order valence-corrected chi connectivity index (χ1v) is 10.9. The number of fused-ring (bicyclic) bond motifs is 1. The normalized spacial score (nSPS) is 19.2. The quantitative estimate of drug-likeness (QED) is 0.453. The van der Waals surface area contributed by atoms with Crippen molar-refractivity contribution < 1.29 is 10.0 Å². The number of hydrogen-bond donors (Lipinski definition) is 1. The number of carbonyl (C=O) groups is 1. The van der Waals surface area contributed by atoms with Gasteiger partial charge in [0.2, 0.25) is 0 Å². The number of benzene rings is 1. The summed E-state index contributed by atoms with van der Waals surface area (Å²) in [7, 11) is 1.80. The maximum absolute atomic E-state index is 12.8. The molecular formula is C23H31N5O2. The summed E-state index contributed by atoms with van der Waals surface area (Å²) in [5.74, 6) is 0.00526. The van der Waals surface area contributed by atoms with E-state index in [4.69, 9.17) is 0 Å². The highest BCUT2D eigenvalue weighted by molar-refractivity contribution is 6.11. The molecule has 7 heteroatoms. The molecule has 0 aliphatic carbocycles. The first-order chi connectivity index (χ1) is 14.7. The molecule has 1 fully saturated rings. The maximum Gasteiger partial charge on any atom is 0.270 e. The SMILES string of the molecule is CN1CCC(=NO)c2ccn(CCCCN3CCN(c4ccccc4)CC3)c2C1=O. The third-order valence-corrected chi connectivity index (χ3v) is 6.25. The molecule has 0 spiro atoms. The molecule has 2 aromatic rings. The van der Waals surface area contributed by atoms with E-state index in [2.05, 4.69) is 45.3 Å². The predicted molar refractivity (Wildman–Crippen MR) is 119 cm³/mol. The molecule has 0 saturated carbocycles. The number of amides is 1. The molecule has 30 heavy (non-hydrogen) atoms. The molecule has 1 amide bonds. The smallest absolute Gasteiger partial charge is 0.270 e. The Morgan fingerprint density at radius 2 is 1.70 bits per heavy atom. The number of hydrogen-bond acceptors (Lipinski definition) is 5. The van der Waals surface area contributed by atoms with E-state index < -0.39 is 0 Å². The predicted octanol–water partition coefficient (Wildman–Crippen LogP) is 2.74. The van der Waals surface area contributed by atoms with Crippen molar-refractivity contribution in [2.45, 2.75) is 25.8 Å². The van der Waals surface area contributed by atoms with Crippen LogP contribution in [0.1, 0.15) is 35.3 Å². The van der Waals surface area contributed by atoms with E-state index in [-0.39, 0.29) is 5.91 Å². The molecule has 3 heterocycles. The van der Waals surface area contributed by atoms with Crippen LogP contribution < -0.4 is 4.90 Å². The summed E-state index contributed by atoms with van der Waals surface area (Å²) in [6.07, 6.45) is 4.64. The molecular weight excluding hydrogens is 378 g/mol. The molecule has 160 valence electrons. The number of oxime groups is 1. The topological polar surface area (TPSA) is 64.3 Å². The van der Waals surface area contributed by atoms with Gasteiger partial charge in [-0.05, 0) is 37.6 Å². The van der Waals surface area contributed by atoms with Crippen LogP contribution in [0.3, 0.4) is 0 Å². The molecule has 1 saturated heterocycles. The second kappa shape index (κ2) is 9.34. The van der Waals surface area contributed by atoms with Crippen molar-refractivity contribution in [2.75, 3.05) is 51.2 Å². The second-order valence-electron chi connectivity index (χ2n) is 8.17. The number of aryl methyl sites for hydroxylation is 1. The Balaban J connectivity index is 1.27. The molecule has 0 unspecified atom stereocenters. The van der Waals surface area contributed by atoms with Crippen LogP contribution in [0.5, 0.6) is 0 Å². The molecule has 2 aliphatic heterocycles. The first-order valence-electron chi connectivity index (χ1n) is 10.9. The first kappa shape index (κ1) is 20.5. The number of carbonyl (C=O) groups excluding carboxylic acids is 1. The van der Waals surface area contributed by atoms with Gasteiger partial charge in [-0.3, -0.25) is 9.69 Å². The van der Waals surface area contributed by atoms with Gasteiger partial charge >= 0.3 is 0 Å². The Morgan fingerprint density at radius 1 is 0.967 bits per heavy atom. The third-order valence-electron chi connectivity index (χ3n) is 6.25. The average Bonchev–Trinajstić information content (AvgIpc) is 3.16. The van der Waals surface area contributed by atoms with Crippen molar-refractivity contribution in [1.82, 2.24) is 14.4 Å². The lowest BCUT2D eigenvalue weighted by molar-refractivity contribution is 0.0791. The van der Waals surface area contributed by atoms with Crippen LogP contribution in [0.25, 0.3) is 0 Å². The van der Waals surface area contributed by atoms with Gasteiger partial charge in [0.15, 0.2) is 0 Å². The standard InChI is InChI=1S/C23H31N5O2/c1-25-13-10-21(24-30)20-9-14-28(22(20)23(25)29)12-6-5-11-26-15-17-27(18-16-26)19-7-3-2-4-8-19/h2-4,7-9,14,30H,5-6,10-13,15-18H2,1H3. The minimum Gasteiger partial charge on any atom is -0.411 e. The van der Waals surface area contributed by atoms with Gasteiger partial charge in [0.1, 0.15) is 5.69 Å². The molecule has 4 rings (SSSR count). The molecule has 2 aliphatic rings. The molecule has 0 radical (unpaired) electrons. The van der Waals surface area contributed by atoms with E-state index in [1.807, 2.05) is 16.8 Å². The molecule has 7 nitrogen and oxygen atoms in total. The van der Waals surface area contributed by atoms with Gasteiger partial charge in [0, 0.05) is 70.2 Å². The van der Waals surface area contributed by atoms with Gasteiger partial charge in [-0.2, -0.15) is 0 Å². The lowest BCUT2D eigenvalue weighted by Crippen LogP contribution is -2.46. The summed E-state index contributed by atoms with van der Waals surface area (Å²) >= 11 is 0. The Morgan fingerprint density at radius 3 is 2.43 bits per heavy atom. The van der Waals surface area contributed by atoms with E-state index in [0.717, 1.165) is 57.7 Å². The van der Waals surface area contributed by atoms with Crippen molar-refractivity contribution in [2.24, 2.45) is 5.16 Å². The molecule has 0 atom stereocenters. The highest BCUT2D eigenvalue weighted by Gasteiger charge is 2.27. The van der Waals surface area contributed by atoms with Crippen LogP contribution in [0.4, 0.5) is 5.69 Å². The zero-order chi connectivity index (χ0) is 20.9. The number of rotatable bonds is 6. The Bertz CT molecular complexity index is 884. The van der Waals surface area contributed by atoms with Crippen molar-refractivity contribution in [3.05, 3.63) is 53.9 Å². The zero-order valence-corrected chi connectivity index (χ0v) is 17.7. The van der Waals surface area contributed by atoms with Crippen molar-refractivity contribution >= 4 is 17.3 Å². The van der Waals surface area contributed by atoms with Crippen molar-refractivity contribution in [3.63, 3.8) is 0 Å². The van der Waals surface area contributed by atoms with Gasteiger partial charge in [-0.25, -0.2) is 0 Å². The van der Waals surface area contributed by atoms with Crippen LogP contribution >= 0.6 is 0 Å². The monoisotopic (exact) mass is 409 g/mol. The number of unbranched alkanes of at least 4 members (excludes halogenated alkanes) is 1. The highest BCUT2D eigenvalue weighted by atomic mass is 16.4. The van der Waals surface area contributed by atoms with E-state index in [0.29, 0.717) is 24.4 Å². The number of piperazine rings is 1. The van der Waals surface area contributed by atoms with Gasteiger partial charge in [0.25, 0.3) is 5.91 Å². The number of nitrogens with zero attached hydrogens (tertiary/aromatic N) is 5. The van der Waals surface area contributed by atoms with E-state index in [1.165, 1.54) is 5.69 Å². The van der Waals surface area contributed by atoms with Crippen LogP contribution in [0.2, 0.25) is 0 Å². The van der Waals surface area contributed by atoms with E-state index in [9.17, 15) is 10.0 Å². The second-order valence-corrected chi connectivity index (χ2v) is 8.17.